The number of anilines is 2. The molecule has 3 aliphatic rings. The Morgan fingerprint density at radius 1 is 0.956 bits per heavy atom. The maximum Gasteiger partial charge on any atom is 0.264 e. The number of aliphatic hydroxyl groups is 1. The maximum absolute atomic E-state index is 14.8. The average Bonchev–Trinajstić information content (AvgIpc) is 3.48. The van der Waals surface area contributed by atoms with Crippen molar-refractivity contribution in [1.82, 2.24) is 0 Å². The Labute approximate surface area is 266 Å². The molecule has 3 aromatic carbocycles. The molecule has 9 heteroatoms. The van der Waals surface area contributed by atoms with Crippen LogP contribution in [0.1, 0.15) is 43.7 Å². The molecule has 0 radical (unpaired) electrons. The number of methoxy groups -OCH3 is 2. The first-order valence-corrected chi connectivity index (χ1v) is 19.1. The van der Waals surface area contributed by atoms with Crippen LogP contribution in [-0.2, 0) is 26.5 Å². The van der Waals surface area contributed by atoms with Crippen molar-refractivity contribution in [2.45, 2.75) is 69.5 Å². The largest absolute Gasteiger partial charge is 0.497 e. The Bertz CT molecular complexity index is 1560. The number of hydrogen-bond acceptors (Lipinski definition) is 6. The second kappa shape index (κ2) is 12.3. The molecule has 0 bridgehead atoms. The van der Waals surface area contributed by atoms with Crippen molar-refractivity contribution in [2.24, 2.45) is 5.92 Å². The predicted molar refractivity (Wildman–Crippen MR) is 178 cm³/mol. The predicted octanol–water partition coefficient (Wildman–Crippen LogP) is 5.37. The van der Waals surface area contributed by atoms with Crippen LogP contribution in [0.3, 0.4) is 0 Å². The van der Waals surface area contributed by atoms with Crippen LogP contribution in [0.15, 0.2) is 66.7 Å². The number of carbonyl (C=O) groups is 2. The van der Waals surface area contributed by atoms with Gasteiger partial charge in [-0.25, -0.2) is 0 Å². The fourth-order valence-electron chi connectivity index (χ4n) is 8.02. The zero-order chi connectivity index (χ0) is 31.9. The Kier molecular flexibility index (Phi) is 8.54. The van der Waals surface area contributed by atoms with Crippen molar-refractivity contribution in [3.05, 3.63) is 77.9 Å². The summed E-state index contributed by atoms with van der Waals surface area (Å²) in [6.07, 6.45) is 2.69. The zero-order valence-corrected chi connectivity index (χ0v) is 27.9. The molecule has 2 amide bonds. The van der Waals surface area contributed by atoms with E-state index in [0.717, 1.165) is 47.6 Å². The number of amides is 2. The molecular formula is C36H44N2O6Si. The molecular weight excluding hydrogens is 584 g/mol. The Balaban J connectivity index is 1.37. The van der Waals surface area contributed by atoms with E-state index in [9.17, 15) is 14.7 Å². The summed E-state index contributed by atoms with van der Waals surface area (Å²) in [5.41, 5.74) is 2.35. The van der Waals surface area contributed by atoms with E-state index in [0.29, 0.717) is 25.1 Å². The van der Waals surface area contributed by atoms with E-state index in [1.165, 1.54) is 5.19 Å². The summed E-state index contributed by atoms with van der Waals surface area (Å²) in [6, 6.07) is 22.0. The minimum atomic E-state index is -2.26. The first kappa shape index (κ1) is 31.3. The van der Waals surface area contributed by atoms with Crippen LogP contribution >= 0.6 is 0 Å². The van der Waals surface area contributed by atoms with E-state index < -0.39 is 13.7 Å². The second-order valence-corrected chi connectivity index (χ2v) is 17.8. The van der Waals surface area contributed by atoms with Crippen LogP contribution in [0.4, 0.5) is 11.4 Å². The molecule has 8 nitrogen and oxygen atoms in total. The van der Waals surface area contributed by atoms with Gasteiger partial charge in [-0.15, -0.1) is 0 Å². The normalized spacial score (nSPS) is 24.8. The van der Waals surface area contributed by atoms with Gasteiger partial charge >= 0.3 is 0 Å². The minimum Gasteiger partial charge on any atom is -0.497 e. The average molecular weight is 629 g/mol. The summed E-state index contributed by atoms with van der Waals surface area (Å²) >= 11 is 0. The number of aliphatic hydroxyl groups excluding tert-OH is 1. The highest BCUT2D eigenvalue weighted by Crippen LogP contribution is 2.60. The lowest BCUT2D eigenvalue weighted by atomic mass is 9.82. The zero-order valence-electron chi connectivity index (χ0n) is 26.9. The third-order valence-corrected chi connectivity index (χ3v) is 14.7. The van der Waals surface area contributed by atoms with Crippen LogP contribution in [0.5, 0.6) is 11.5 Å². The molecule has 3 aliphatic heterocycles. The van der Waals surface area contributed by atoms with E-state index in [1.54, 1.807) is 14.2 Å². The molecule has 2 saturated heterocycles. The fraction of sp³-hybridized carbons (Fsp3) is 0.444. The Morgan fingerprint density at radius 2 is 1.64 bits per heavy atom. The number of piperidine rings is 1. The number of rotatable bonds is 9. The minimum absolute atomic E-state index is 0.0220. The topological polar surface area (TPSA) is 88.5 Å². The van der Waals surface area contributed by atoms with Gasteiger partial charge in [-0.1, -0.05) is 49.5 Å². The van der Waals surface area contributed by atoms with Crippen LogP contribution in [0.2, 0.25) is 18.6 Å². The lowest BCUT2D eigenvalue weighted by Crippen LogP contribution is -2.51. The number of ether oxygens (including phenoxy) is 3. The third kappa shape index (κ3) is 5.24. The molecule has 45 heavy (non-hydrogen) atoms. The molecule has 0 unspecified atom stereocenters. The van der Waals surface area contributed by atoms with Gasteiger partial charge in [0, 0.05) is 36.7 Å². The smallest absolute Gasteiger partial charge is 0.264 e. The summed E-state index contributed by atoms with van der Waals surface area (Å²) in [7, 11) is 1.04. The van der Waals surface area contributed by atoms with Gasteiger partial charge in [0.05, 0.1) is 40.6 Å². The van der Waals surface area contributed by atoms with Crippen molar-refractivity contribution in [1.29, 1.82) is 0 Å². The standard InChI is InChI=1S/C36H44N2O6Si/c1-24-34(45(4,5)29-16-13-27(42-2)14-17-29)32(19-21-39)44-36(24)30-22-28(43-3)15-18-31(30)38(35(36)41)23-25-9-11-26(12-10-25)37-20-7-6-8-33(37)40/h9-18,22,24,32,34,39H,6-8,19-21,23H2,1-5H3/t24-,32+,34-,36+/m1/s1. The highest BCUT2D eigenvalue weighted by molar-refractivity contribution is 6.91. The second-order valence-electron chi connectivity index (χ2n) is 13.1. The quantitative estimate of drug-likeness (QED) is 0.321. The van der Waals surface area contributed by atoms with Crippen molar-refractivity contribution < 1.29 is 28.9 Å². The molecule has 4 atom stereocenters. The van der Waals surface area contributed by atoms with Gasteiger partial charge in [0.15, 0.2) is 5.60 Å². The van der Waals surface area contributed by atoms with Crippen molar-refractivity contribution >= 4 is 36.4 Å². The Morgan fingerprint density at radius 3 is 2.29 bits per heavy atom. The molecule has 238 valence electrons. The number of carbonyl (C=O) groups excluding carboxylic acids is 2. The third-order valence-electron chi connectivity index (χ3n) is 10.4. The molecule has 1 spiro atoms. The van der Waals surface area contributed by atoms with Crippen LogP contribution < -0.4 is 24.5 Å². The van der Waals surface area contributed by atoms with Gasteiger partial charge in [-0.05, 0) is 72.8 Å². The van der Waals surface area contributed by atoms with Gasteiger partial charge in [-0.2, -0.15) is 0 Å². The highest BCUT2D eigenvalue weighted by atomic mass is 28.3. The van der Waals surface area contributed by atoms with Gasteiger partial charge in [-0.3, -0.25) is 9.59 Å². The Hall–Kier alpha value is -3.66. The van der Waals surface area contributed by atoms with Gasteiger partial charge < -0.3 is 29.1 Å². The first-order chi connectivity index (χ1) is 21.6. The van der Waals surface area contributed by atoms with Gasteiger partial charge in [0.2, 0.25) is 5.91 Å². The molecule has 0 aliphatic carbocycles. The SMILES string of the molecule is COc1ccc([Si](C)(C)[C@H]2[C@H](CCO)O[C@@]3(C(=O)N(Cc4ccc(N5CCCCC5=O)cc4)c4ccc(OC)cc43)[C@@H]2C)cc1. The molecule has 2 fully saturated rings. The van der Waals surface area contributed by atoms with E-state index in [4.69, 9.17) is 14.2 Å². The number of benzene rings is 3. The summed E-state index contributed by atoms with van der Waals surface area (Å²) < 4.78 is 18.1. The van der Waals surface area contributed by atoms with E-state index in [1.807, 2.05) is 64.4 Å². The van der Waals surface area contributed by atoms with E-state index in [-0.39, 0.29) is 36.0 Å². The number of hydrogen-bond donors (Lipinski definition) is 1. The van der Waals surface area contributed by atoms with Crippen molar-refractivity contribution in [3.8, 4) is 11.5 Å². The molecule has 3 aromatic rings. The monoisotopic (exact) mass is 628 g/mol. The van der Waals surface area contributed by atoms with Crippen LogP contribution in [0.25, 0.3) is 0 Å². The van der Waals surface area contributed by atoms with Crippen LogP contribution in [0, 0.1) is 5.92 Å². The summed E-state index contributed by atoms with van der Waals surface area (Å²) in [5, 5.41) is 11.4. The molecule has 6 rings (SSSR count). The first-order valence-electron chi connectivity index (χ1n) is 16.0. The van der Waals surface area contributed by atoms with Gasteiger partial charge in [0.1, 0.15) is 11.5 Å². The van der Waals surface area contributed by atoms with Crippen LogP contribution in [-0.4, -0.2) is 58.5 Å². The fourth-order valence-corrected chi connectivity index (χ4v) is 12.1. The summed E-state index contributed by atoms with van der Waals surface area (Å²) in [6.45, 7) is 7.91. The number of nitrogens with zero attached hydrogens (tertiary/aromatic N) is 2. The molecule has 0 aromatic heterocycles. The molecule has 1 N–H and O–H groups in total. The number of fused-ring (bicyclic) bond motifs is 2. The lowest BCUT2D eigenvalue weighted by molar-refractivity contribution is -0.146. The van der Waals surface area contributed by atoms with Crippen molar-refractivity contribution in [3.63, 3.8) is 0 Å². The summed E-state index contributed by atoms with van der Waals surface area (Å²) in [5.74, 6) is 1.39. The van der Waals surface area contributed by atoms with E-state index >= 15 is 0 Å². The van der Waals surface area contributed by atoms with Gasteiger partial charge in [0.25, 0.3) is 5.91 Å². The summed E-state index contributed by atoms with van der Waals surface area (Å²) in [4.78, 5) is 31.0. The van der Waals surface area contributed by atoms with Crippen molar-refractivity contribution in [2.75, 3.05) is 37.2 Å². The highest BCUT2D eigenvalue weighted by Gasteiger charge is 2.66. The maximum atomic E-state index is 14.8. The van der Waals surface area contributed by atoms with E-state index in [2.05, 4.69) is 32.2 Å². The molecule has 3 heterocycles. The lowest BCUT2D eigenvalue weighted by Gasteiger charge is -2.37. The molecule has 0 saturated carbocycles.